The molecule has 2 rings (SSSR count). The highest BCUT2D eigenvalue weighted by molar-refractivity contribution is 5.37. The van der Waals surface area contributed by atoms with Crippen molar-refractivity contribution >= 4 is 0 Å². The van der Waals surface area contributed by atoms with Crippen LogP contribution in [0, 0.1) is 19.7 Å². The van der Waals surface area contributed by atoms with E-state index in [-0.39, 0.29) is 11.9 Å². The molecule has 1 atom stereocenters. The van der Waals surface area contributed by atoms with E-state index in [1.165, 1.54) is 12.1 Å². The Hall–Kier alpha value is -1.72. The van der Waals surface area contributed by atoms with Crippen molar-refractivity contribution < 1.29 is 4.39 Å². The van der Waals surface area contributed by atoms with Gasteiger partial charge in [-0.25, -0.2) is 9.82 Å². The molecule has 96 valence electrons. The van der Waals surface area contributed by atoms with Crippen molar-refractivity contribution in [1.29, 1.82) is 0 Å². The summed E-state index contributed by atoms with van der Waals surface area (Å²) in [6, 6.07) is 4.45. The molecule has 1 unspecified atom stereocenters. The third kappa shape index (κ3) is 2.14. The Labute approximate surface area is 106 Å². The van der Waals surface area contributed by atoms with E-state index in [0.717, 1.165) is 22.4 Å². The number of nitrogens with one attached hydrogen (secondary N) is 1. The van der Waals surface area contributed by atoms with E-state index in [2.05, 4.69) is 10.5 Å². The molecule has 0 saturated carbocycles. The largest absolute Gasteiger partial charge is 0.273 e. The van der Waals surface area contributed by atoms with Crippen LogP contribution in [0.4, 0.5) is 4.39 Å². The summed E-state index contributed by atoms with van der Waals surface area (Å²) in [5.74, 6) is 5.36. The Balaban J connectivity index is 2.51. The van der Waals surface area contributed by atoms with Gasteiger partial charge in [0.2, 0.25) is 0 Å². The average Bonchev–Trinajstić information content (AvgIpc) is 2.67. The number of rotatable bonds is 3. The fourth-order valence-corrected chi connectivity index (χ4v) is 2.07. The van der Waals surface area contributed by atoms with E-state index in [1.54, 1.807) is 16.9 Å². The summed E-state index contributed by atoms with van der Waals surface area (Å²) in [5.41, 5.74) is 6.51. The van der Waals surface area contributed by atoms with Crippen LogP contribution in [0.3, 0.4) is 0 Å². The number of hydrogen-bond acceptors (Lipinski definition) is 3. The molecule has 0 aliphatic carbocycles. The van der Waals surface area contributed by atoms with Crippen molar-refractivity contribution in [2.45, 2.75) is 19.9 Å². The molecule has 0 aliphatic rings. The number of aryl methyl sites for hydroxylation is 2. The molecule has 5 heteroatoms. The van der Waals surface area contributed by atoms with Crippen molar-refractivity contribution in [1.82, 2.24) is 15.2 Å². The molecule has 18 heavy (non-hydrogen) atoms. The Kier molecular flexibility index (Phi) is 3.45. The van der Waals surface area contributed by atoms with Crippen LogP contribution >= 0.6 is 0 Å². The van der Waals surface area contributed by atoms with Gasteiger partial charge in [-0.2, -0.15) is 5.10 Å². The van der Waals surface area contributed by atoms with Crippen molar-refractivity contribution in [3.63, 3.8) is 0 Å². The van der Waals surface area contributed by atoms with Crippen molar-refractivity contribution in [2.75, 3.05) is 0 Å². The van der Waals surface area contributed by atoms with Gasteiger partial charge >= 0.3 is 0 Å². The zero-order chi connectivity index (χ0) is 13.3. The second-order valence-corrected chi connectivity index (χ2v) is 4.41. The first-order chi connectivity index (χ1) is 8.54. The molecular weight excluding hydrogens is 231 g/mol. The summed E-state index contributed by atoms with van der Waals surface area (Å²) in [6.45, 7) is 3.89. The van der Waals surface area contributed by atoms with E-state index in [4.69, 9.17) is 5.84 Å². The highest BCUT2D eigenvalue weighted by atomic mass is 19.1. The molecule has 0 aliphatic heterocycles. The molecule has 0 fully saturated rings. The number of hydrazine groups is 1. The summed E-state index contributed by atoms with van der Waals surface area (Å²) in [6.07, 6.45) is 1.75. The van der Waals surface area contributed by atoms with Gasteiger partial charge in [0.25, 0.3) is 0 Å². The zero-order valence-electron chi connectivity index (χ0n) is 10.7. The first kappa shape index (κ1) is 12.7. The molecule has 1 aromatic heterocycles. The summed E-state index contributed by atoms with van der Waals surface area (Å²) >= 11 is 0. The van der Waals surface area contributed by atoms with Crippen LogP contribution in [0.1, 0.15) is 28.4 Å². The van der Waals surface area contributed by atoms with E-state index in [1.807, 2.05) is 20.9 Å². The van der Waals surface area contributed by atoms with Crippen molar-refractivity contribution in [2.24, 2.45) is 12.9 Å². The normalized spacial score (nSPS) is 12.7. The minimum absolute atomic E-state index is 0.255. The lowest BCUT2D eigenvalue weighted by molar-refractivity contribution is 0.600. The van der Waals surface area contributed by atoms with Crippen LogP contribution in [-0.4, -0.2) is 9.78 Å². The van der Waals surface area contributed by atoms with Gasteiger partial charge in [0, 0.05) is 18.3 Å². The van der Waals surface area contributed by atoms with E-state index >= 15 is 0 Å². The second kappa shape index (κ2) is 4.88. The molecular formula is C13H17FN4. The quantitative estimate of drug-likeness (QED) is 0.642. The molecule has 1 heterocycles. The number of hydrogen-bond donors (Lipinski definition) is 2. The molecule has 0 bridgehead atoms. The van der Waals surface area contributed by atoms with Gasteiger partial charge < -0.3 is 0 Å². The van der Waals surface area contributed by atoms with Crippen LogP contribution in [0.5, 0.6) is 0 Å². The average molecular weight is 248 g/mol. The molecule has 0 radical (unpaired) electrons. The summed E-state index contributed by atoms with van der Waals surface area (Å²) in [5, 5.41) is 4.19. The summed E-state index contributed by atoms with van der Waals surface area (Å²) in [4.78, 5) is 0. The summed E-state index contributed by atoms with van der Waals surface area (Å²) in [7, 11) is 1.87. The van der Waals surface area contributed by atoms with Crippen LogP contribution in [0.15, 0.2) is 24.4 Å². The van der Waals surface area contributed by atoms with Crippen LogP contribution < -0.4 is 11.3 Å². The number of nitrogens with two attached hydrogens (primary N) is 1. The topological polar surface area (TPSA) is 55.9 Å². The SMILES string of the molecule is Cc1ccc(F)cc1C(NN)c1cnn(C)c1C. The van der Waals surface area contributed by atoms with E-state index in [9.17, 15) is 4.39 Å². The van der Waals surface area contributed by atoms with Gasteiger partial charge in [-0.05, 0) is 37.1 Å². The predicted molar refractivity (Wildman–Crippen MR) is 68.2 cm³/mol. The standard InChI is InChI=1S/C13H17FN4/c1-8-4-5-10(14)6-11(8)13(17-15)12-7-16-18(3)9(12)2/h4-7,13,17H,15H2,1-3H3. The molecule has 1 aromatic carbocycles. The zero-order valence-corrected chi connectivity index (χ0v) is 10.7. The third-order valence-corrected chi connectivity index (χ3v) is 3.30. The van der Waals surface area contributed by atoms with Gasteiger partial charge in [-0.15, -0.1) is 0 Å². The minimum atomic E-state index is -0.266. The lowest BCUT2D eigenvalue weighted by Gasteiger charge is -2.18. The Bertz CT molecular complexity index is 562. The van der Waals surface area contributed by atoms with Gasteiger partial charge in [0.05, 0.1) is 12.2 Å². The number of benzene rings is 1. The van der Waals surface area contributed by atoms with Gasteiger partial charge in [-0.1, -0.05) is 6.07 Å². The summed E-state index contributed by atoms with van der Waals surface area (Å²) < 4.78 is 15.1. The minimum Gasteiger partial charge on any atom is -0.273 e. The van der Waals surface area contributed by atoms with Crippen molar-refractivity contribution in [3.05, 3.63) is 52.6 Å². The molecule has 0 saturated heterocycles. The number of nitrogens with zero attached hydrogens (tertiary/aromatic N) is 2. The van der Waals surface area contributed by atoms with Gasteiger partial charge in [0.15, 0.2) is 0 Å². The second-order valence-electron chi connectivity index (χ2n) is 4.41. The maximum Gasteiger partial charge on any atom is 0.123 e. The highest BCUT2D eigenvalue weighted by Gasteiger charge is 2.19. The van der Waals surface area contributed by atoms with Gasteiger partial charge in [-0.3, -0.25) is 10.5 Å². The highest BCUT2D eigenvalue weighted by Crippen LogP contribution is 2.26. The first-order valence-corrected chi connectivity index (χ1v) is 5.75. The van der Waals surface area contributed by atoms with Gasteiger partial charge in [0.1, 0.15) is 5.82 Å². The molecule has 2 aromatic rings. The number of halogens is 1. The van der Waals surface area contributed by atoms with E-state index < -0.39 is 0 Å². The fourth-order valence-electron chi connectivity index (χ4n) is 2.07. The smallest absolute Gasteiger partial charge is 0.123 e. The molecule has 4 nitrogen and oxygen atoms in total. The Morgan fingerprint density at radius 1 is 1.33 bits per heavy atom. The number of aromatic nitrogens is 2. The molecule has 0 amide bonds. The Morgan fingerprint density at radius 3 is 2.61 bits per heavy atom. The lowest BCUT2D eigenvalue weighted by atomic mass is 9.96. The van der Waals surface area contributed by atoms with E-state index in [0.29, 0.717) is 0 Å². The lowest BCUT2D eigenvalue weighted by Crippen LogP contribution is -2.29. The van der Waals surface area contributed by atoms with Crippen LogP contribution in [0.2, 0.25) is 0 Å². The maximum absolute atomic E-state index is 13.4. The first-order valence-electron chi connectivity index (χ1n) is 5.75. The van der Waals surface area contributed by atoms with Crippen molar-refractivity contribution in [3.8, 4) is 0 Å². The monoisotopic (exact) mass is 248 g/mol. The molecule has 3 N–H and O–H groups in total. The van der Waals surface area contributed by atoms with Crippen LogP contribution in [-0.2, 0) is 7.05 Å². The predicted octanol–water partition coefficient (Wildman–Crippen LogP) is 1.73. The molecule has 0 spiro atoms. The maximum atomic E-state index is 13.4. The van der Waals surface area contributed by atoms with Crippen LogP contribution in [0.25, 0.3) is 0 Å². The fraction of sp³-hybridized carbons (Fsp3) is 0.308. The Morgan fingerprint density at radius 2 is 2.06 bits per heavy atom. The third-order valence-electron chi connectivity index (χ3n) is 3.30.